The molecule has 0 aromatic heterocycles. The smallest absolute Gasteiger partial charge is 0.109 e. The molecule has 2 rings (SSSR count). The summed E-state index contributed by atoms with van der Waals surface area (Å²) in [4.78, 5) is 1.83. The highest BCUT2D eigenvalue weighted by Crippen LogP contribution is 2.27. The lowest BCUT2D eigenvalue weighted by Crippen LogP contribution is -2.61. The Morgan fingerprint density at radius 3 is 2.31 bits per heavy atom. The van der Waals surface area contributed by atoms with Gasteiger partial charge in [-0.05, 0) is 6.42 Å². The summed E-state index contributed by atoms with van der Waals surface area (Å²) in [6, 6.07) is -0.404. The highest BCUT2D eigenvalue weighted by Gasteiger charge is 2.47. The number of hydrogen-bond acceptors (Lipinski definition) is 5. The first-order valence-corrected chi connectivity index (χ1v) is 4.57. The summed E-state index contributed by atoms with van der Waals surface area (Å²) in [7, 11) is 0. The Balaban J connectivity index is 2.15. The van der Waals surface area contributed by atoms with Crippen molar-refractivity contribution in [2.75, 3.05) is 13.1 Å². The topological polar surface area (TPSA) is 84.2 Å². The van der Waals surface area contributed by atoms with Crippen LogP contribution in [0.5, 0.6) is 0 Å². The van der Waals surface area contributed by atoms with Crippen molar-refractivity contribution in [3.05, 3.63) is 0 Å². The highest BCUT2D eigenvalue weighted by atomic mass is 16.4. The summed E-state index contributed by atoms with van der Waals surface area (Å²) in [5.41, 5.74) is 0. The van der Waals surface area contributed by atoms with Crippen LogP contribution in [0.1, 0.15) is 6.42 Å². The number of aliphatic hydroxyl groups is 4. The monoisotopic (exact) mass is 189 g/mol. The van der Waals surface area contributed by atoms with E-state index in [1.54, 1.807) is 0 Å². The molecule has 2 saturated heterocycles. The van der Waals surface area contributed by atoms with E-state index in [-0.39, 0.29) is 0 Å². The van der Waals surface area contributed by atoms with Gasteiger partial charge >= 0.3 is 0 Å². The SMILES string of the molecule is O[C@H]1[C@H](O)[C@H](O)CN2CC[C@H](O)[C@@H]12. The molecular weight excluding hydrogens is 174 g/mol. The van der Waals surface area contributed by atoms with Crippen molar-refractivity contribution < 1.29 is 20.4 Å². The molecule has 13 heavy (non-hydrogen) atoms. The lowest BCUT2D eigenvalue weighted by atomic mass is 9.93. The predicted octanol–water partition coefficient (Wildman–Crippen LogP) is -2.48. The van der Waals surface area contributed by atoms with Gasteiger partial charge in [0.1, 0.15) is 12.2 Å². The van der Waals surface area contributed by atoms with Gasteiger partial charge in [-0.1, -0.05) is 0 Å². The minimum atomic E-state index is -1.13. The molecular formula is C8H15NO4. The Labute approximate surface area is 76.2 Å². The van der Waals surface area contributed by atoms with Crippen LogP contribution in [-0.4, -0.2) is 68.9 Å². The highest BCUT2D eigenvalue weighted by molar-refractivity contribution is 5.01. The summed E-state index contributed by atoms with van der Waals surface area (Å²) in [6.45, 7) is 1.01. The van der Waals surface area contributed by atoms with E-state index in [9.17, 15) is 20.4 Å². The van der Waals surface area contributed by atoms with Crippen molar-refractivity contribution in [1.29, 1.82) is 0 Å². The first-order chi connectivity index (χ1) is 6.11. The number of rotatable bonds is 0. The molecule has 76 valence electrons. The van der Waals surface area contributed by atoms with Gasteiger partial charge in [0.05, 0.1) is 18.2 Å². The fraction of sp³-hybridized carbons (Fsp3) is 1.00. The maximum Gasteiger partial charge on any atom is 0.109 e. The molecule has 5 heteroatoms. The van der Waals surface area contributed by atoms with Crippen LogP contribution in [0.15, 0.2) is 0 Å². The Hall–Kier alpha value is -0.200. The van der Waals surface area contributed by atoms with Crippen LogP contribution in [0.4, 0.5) is 0 Å². The van der Waals surface area contributed by atoms with E-state index in [4.69, 9.17) is 0 Å². The molecule has 0 saturated carbocycles. The first kappa shape index (κ1) is 9.36. The number of hydrogen-bond donors (Lipinski definition) is 4. The Morgan fingerprint density at radius 2 is 1.62 bits per heavy atom. The van der Waals surface area contributed by atoms with Gasteiger partial charge in [0, 0.05) is 13.1 Å². The zero-order valence-electron chi connectivity index (χ0n) is 7.24. The normalized spacial score (nSPS) is 52.2. The van der Waals surface area contributed by atoms with E-state index >= 15 is 0 Å². The van der Waals surface area contributed by atoms with Gasteiger partial charge in [0.2, 0.25) is 0 Å². The van der Waals surface area contributed by atoms with Gasteiger partial charge in [-0.15, -0.1) is 0 Å². The zero-order chi connectivity index (χ0) is 9.59. The number of fused-ring (bicyclic) bond motifs is 1. The van der Waals surface area contributed by atoms with E-state index in [0.717, 1.165) is 0 Å². The standard InChI is InChI=1S/C8H15NO4/c10-4-1-2-9-3-5(11)7(12)8(13)6(4)9/h4-8,10-13H,1-3H2/t4-,5+,6-,7+,8+/m0/s1. The van der Waals surface area contributed by atoms with E-state index in [1.807, 2.05) is 4.90 Å². The third kappa shape index (κ3) is 1.37. The molecule has 0 radical (unpaired) electrons. The average molecular weight is 189 g/mol. The molecule has 0 bridgehead atoms. The average Bonchev–Trinajstić information content (AvgIpc) is 2.43. The number of aliphatic hydroxyl groups excluding tert-OH is 4. The maximum atomic E-state index is 9.58. The molecule has 2 aliphatic rings. The van der Waals surface area contributed by atoms with E-state index in [0.29, 0.717) is 19.5 Å². The zero-order valence-corrected chi connectivity index (χ0v) is 7.24. The van der Waals surface area contributed by atoms with Crippen molar-refractivity contribution in [1.82, 2.24) is 4.90 Å². The first-order valence-electron chi connectivity index (χ1n) is 4.57. The van der Waals surface area contributed by atoms with Crippen molar-refractivity contribution in [3.63, 3.8) is 0 Å². The van der Waals surface area contributed by atoms with Gasteiger partial charge in [-0.3, -0.25) is 4.90 Å². The molecule has 2 aliphatic heterocycles. The van der Waals surface area contributed by atoms with Crippen LogP contribution >= 0.6 is 0 Å². The lowest BCUT2D eigenvalue weighted by molar-refractivity contribution is -0.140. The summed E-state index contributed by atoms with van der Waals surface area (Å²) < 4.78 is 0. The van der Waals surface area contributed by atoms with Crippen LogP contribution in [0.2, 0.25) is 0 Å². The van der Waals surface area contributed by atoms with Gasteiger partial charge in [0.25, 0.3) is 0 Å². The summed E-state index contributed by atoms with van der Waals surface area (Å²) in [5, 5.41) is 37.8. The molecule has 5 nitrogen and oxygen atoms in total. The summed E-state index contributed by atoms with van der Waals surface area (Å²) in [6.07, 6.45) is -3.06. The second-order valence-corrected chi connectivity index (χ2v) is 3.89. The summed E-state index contributed by atoms with van der Waals surface area (Å²) >= 11 is 0. The molecule has 2 heterocycles. The second kappa shape index (κ2) is 3.18. The van der Waals surface area contributed by atoms with Crippen LogP contribution < -0.4 is 0 Å². The number of nitrogens with zero attached hydrogens (tertiary/aromatic N) is 1. The molecule has 0 aromatic carbocycles. The van der Waals surface area contributed by atoms with Gasteiger partial charge in [-0.2, -0.15) is 0 Å². The van der Waals surface area contributed by atoms with Gasteiger partial charge < -0.3 is 20.4 Å². The Kier molecular flexibility index (Phi) is 2.29. The minimum Gasteiger partial charge on any atom is -0.391 e. The minimum absolute atomic E-state index is 0.333. The molecule has 2 fully saturated rings. The predicted molar refractivity (Wildman–Crippen MR) is 44.0 cm³/mol. The van der Waals surface area contributed by atoms with Gasteiger partial charge in [0.15, 0.2) is 0 Å². The third-order valence-corrected chi connectivity index (χ3v) is 3.04. The van der Waals surface area contributed by atoms with E-state index < -0.39 is 30.5 Å². The van der Waals surface area contributed by atoms with Crippen LogP contribution in [0, 0.1) is 0 Å². The van der Waals surface area contributed by atoms with Crippen molar-refractivity contribution in [2.24, 2.45) is 0 Å². The van der Waals surface area contributed by atoms with Crippen LogP contribution in [0.3, 0.4) is 0 Å². The molecule has 5 atom stereocenters. The second-order valence-electron chi connectivity index (χ2n) is 3.89. The third-order valence-electron chi connectivity index (χ3n) is 3.04. The van der Waals surface area contributed by atoms with Crippen LogP contribution in [0.25, 0.3) is 0 Å². The largest absolute Gasteiger partial charge is 0.391 e. The van der Waals surface area contributed by atoms with Crippen molar-refractivity contribution in [2.45, 2.75) is 36.9 Å². The molecule has 0 spiro atoms. The van der Waals surface area contributed by atoms with Crippen molar-refractivity contribution in [3.8, 4) is 0 Å². The van der Waals surface area contributed by atoms with E-state index in [2.05, 4.69) is 0 Å². The molecule has 4 N–H and O–H groups in total. The lowest BCUT2D eigenvalue weighted by Gasteiger charge is -2.40. The Morgan fingerprint density at radius 1 is 0.923 bits per heavy atom. The van der Waals surface area contributed by atoms with Crippen LogP contribution in [-0.2, 0) is 0 Å². The Bertz CT molecular complexity index is 201. The fourth-order valence-electron chi connectivity index (χ4n) is 2.30. The van der Waals surface area contributed by atoms with E-state index in [1.165, 1.54) is 0 Å². The number of piperidine rings is 1. The molecule has 0 amide bonds. The molecule has 0 aromatic rings. The maximum absolute atomic E-state index is 9.58. The molecule has 0 unspecified atom stereocenters. The quantitative estimate of drug-likeness (QED) is 0.339. The molecule has 0 aliphatic carbocycles. The fourth-order valence-corrected chi connectivity index (χ4v) is 2.30. The van der Waals surface area contributed by atoms with Crippen molar-refractivity contribution >= 4 is 0 Å². The van der Waals surface area contributed by atoms with Gasteiger partial charge in [-0.25, -0.2) is 0 Å². The summed E-state index contributed by atoms with van der Waals surface area (Å²) in [5.74, 6) is 0.